The second kappa shape index (κ2) is 8.69. The van der Waals surface area contributed by atoms with E-state index in [9.17, 15) is 13.2 Å². The number of hydrogen-bond acceptors (Lipinski definition) is 4. The van der Waals surface area contributed by atoms with Crippen LogP contribution in [0.4, 0.5) is 5.69 Å². The predicted molar refractivity (Wildman–Crippen MR) is 110 cm³/mol. The lowest BCUT2D eigenvalue weighted by atomic mass is 10.2. The highest BCUT2D eigenvalue weighted by molar-refractivity contribution is 7.89. The number of ether oxygens (including phenoxy) is 1. The van der Waals surface area contributed by atoms with Crippen LogP contribution in [0.5, 0.6) is 5.75 Å². The minimum Gasteiger partial charge on any atom is -0.495 e. The zero-order valence-corrected chi connectivity index (χ0v) is 17.6. The van der Waals surface area contributed by atoms with Gasteiger partial charge < -0.3 is 10.1 Å². The highest BCUT2D eigenvalue weighted by Crippen LogP contribution is 2.32. The standard InChI is InChI=1S/C19H20Cl2N2O4S/c1-27-16-9-8-13(22-19(24)18-14(20)6-5-7-15(18)21)12-17(16)28(25,26)23-10-3-2-4-11-23/h5-9,12H,2-4,10-11H2,1H3,(H,22,24). The number of sulfonamides is 1. The molecule has 0 aromatic heterocycles. The molecule has 1 amide bonds. The summed E-state index contributed by atoms with van der Waals surface area (Å²) in [6, 6.07) is 9.23. The Labute approximate surface area is 174 Å². The molecule has 1 N–H and O–H groups in total. The first-order valence-corrected chi connectivity index (χ1v) is 11.0. The van der Waals surface area contributed by atoms with Crippen molar-refractivity contribution >= 4 is 44.8 Å². The van der Waals surface area contributed by atoms with E-state index in [0.717, 1.165) is 19.3 Å². The van der Waals surface area contributed by atoms with Crippen molar-refractivity contribution in [2.24, 2.45) is 0 Å². The van der Waals surface area contributed by atoms with Gasteiger partial charge in [-0.05, 0) is 43.2 Å². The largest absolute Gasteiger partial charge is 0.495 e. The van der Waals surface area contributed by atoms with Crippen molar-refractivity contribution in [1.29, 1.82) is 0 Å². The topological polar surface area (TPSA) is 75.7 Å². The molecule has 2 aromatic carbocycles. The summed E-state index contributed by atoms with van der Waals surface area (Å²) in [6.07, 6.45) is 2.66. The maximum atomic E-state index is 13.1. The van der Waals surface area contributed by atoms with Crippen LogP contribution in [0.2, 0.25) is 10.0 Å². The van der Waals surface area contributed by atoms with Gasteiger partial charge in [0.1, 0.15) is 10.6 Å². The molecule has 1 fully saturated rings. The Hall–Kier alpha value is -1.80. The summed E-state index contributed by atoms with van der Waals surface area (Å²) in [7, 11) is -2.33. The Bertz CT molecular complexity index is 969. The highest BCUT2D eigenvalue weighted by atomic mass is 35.5. The summed E-state index contributed by atoms with van der Waals surface area (Å²) in [4.78, 5) is 12.6. The lowest BCUT2D eigenvalue weighted by Gasteiger charge is -2.26. The molecule has 150 valence electrons. The minimum atomic E-state index is -3.74. The van der Waals surface area contributed by atoms with Gasteiger partial charge in [-0.3, -0.25) is 4.79 Å². The number of anilines is 1. The highest BCUT2D eigenvalue weighted by Gasteiger charge is 2.29. The van der Waals surface area contributed by atoms with Crippen LogP contribution in [0.3, 0.4) is 0 Å². The molecule has 9 heteroatoms. The van der Waals surface area contributed by atoms with E-state index in [1.807, 2.05) is 0 Å². The van der Waals surface area contributed by atoms with Crippen molar-refractivity contribution in [3.63, 3.8) is 0 Å². The number of carbonyl (C=O) groups is 1. The van der Waals surface area contributed by atoms with Crippen LogP contribution in [0, 0.1) is 0 Å². The van der Waals surface area contributed by atoms with E-state index in [-0.39, 0.29) is 26.3 Å². The molecule has 0 bridgehead atoms. The second-order valence-electron chi connectivity index (χ2n) is 6.38. The quantitative estimate of drug-likeness (QED) is 0.742. The predicted octanol–water partition coefficient (Wildman–Crippen LogP) is 4.43. The number of rotatable bonds is 5. The number of methoxy groups -OCH3 is 1. The third kappa shape index (κ3) is 4.27. The smallest absolute Gasteiger partial charge is 0.258 e. The number of hydrogen-bond donors (Lipinski definition) is 1. The zero-order valence-electron chi connectivity index (χ0n) is 15.2. The fraction of sp³-hybridized carbons (Fsp3) is 0.316. The number of nitrogens with zero attached hydrogens (tertiary/aromatic N) is 1. The monoisotopic (exact) mass is 442 g/mol. The van der Waals surface area contributed by atoms with Crippen molar-refractivity contribution in [1.82, 2.24) is 4.31 Å². The number of carbonyl (C=O) groups excluding carboxylic acids is 1. The van der Waals surface area contributed by atoms with Gasteiger partial charge in [-0.15, -0.1) is 0 Å². The molecule has 0 radical (unpaired) electrons. The Balaban J connectivity index is 1.94. The molecule has 1 saturated heterocycles. The molecule has 6 nitrogen and oxygen atoms in total. The van der Waals surface area contributed by atoms with Crippen LogP contribution in [0.15, 0.2) is 41.3 Å². The summed E-state index contributed by atoms with van der Waals surface area (Å²) in [5, 5.41) is 3.08. The van der Waals surface area contributed by atoms with E-state index in [2.05, 4.69) is 5.32 Å². The molecule has 0 atom stereocenters. The van der Waals surface area contributed by atoms with E-state index < -0.39 is 15.9 Å². The summed E-state index contributed by atoms with van der Waals surface area (Å²) in [5.41, 5.74) is 0.430. The molecule has 28 heavy (non-hydrogen) atoms. The number of nitrogens with one attached hydrogen (secondary N) is 1. The molecule has 0 aliphatic carbocycles. The summed E-state index contributed by atoms with van der Waals surface area (Å²) >= 11 is 12.2. The van der Waals surface area contributed by atoms with Crippen molar-refractivity contribution < 1.29 is 17.9 Å². The van der Waals surface area contributed by atoms with Crippen molar-refractivity contribution in [2.75, 3.05) is 25.5 Å². The first-order valence-electron chi connectivity index (χ1n) is 8.78. The number of piperidine rings is 1. The van der Waals surface area contributed by atoms with Gasteiger partial charge in [-0.25, -0.2) is 8.42 Å². The molecular weight excluding hydrogens is 423 g/mol. The van der Waals surface area contributed by atoms with Gasteiger partial charge in [-0.2, -0.15) is 4.31 Å². The Morgan fingerprint density at radius 2 is 1.71 bits per heavy atom. The van der Waals surface area contributed by atoms with Crippen LogP contribution in [-0.4, -0.2) is 38.8 Å². The van der Waals surface area contributed by atoms with Crippen LogP contribution in [0.25, 0.3) is 0 Å². The van der Waals surface area contributed by atoms with Crippen molar-refractivity contribution in [3.8, 4) is 5.75 Å². The number of halogens is 2. The maximum absolute atomic E-state index is 13.1. The normalized spacial score (nSPS) is 15.2. The van der Waals surface area contributed by atoms with E-state index in [0.29, 0.717) is 18.8 Å². The number of benzene rings is 2. The maximum Gasteiger partial charge on any atom is 0.258 e. The first-order chi connectivity index (χ1) is 13.3. The molecule has 0 unspecified atom stereocenters. The molecule has 1 aliphatic rings. The Morgan fingerprint density at radius 3 is 2.32 bits per heavy atom. The van der Waals surface area contributed by atoms with Gasteiger partial charge in [0.15, 0.2) is 0 Å². The fourth-order valence-electron chi connectivity index (χ4n) is 3.11. The van der Waals surface area contributed by atoms with E-state index >= 15 is 0 Å². The SMILES string of the molecule is COc1ccc(NC(=O)c2c(Cl)cccc2Cl)cc1S(=O)(=O)N1CCCCC1. The number of amides is 1. The van der Waals surface area contributed by atoms with Crippen LogP contribution in [0.1, 0.15) is 29.6 Å². The van der Waals surface area contributed by atoms with E-state index in [1.54, 1.807) is 24.3 Å². The average Bonchev–Trinajstić information content (AvgIpc) is 2.68. The molecule has 3 rings (SSSR count). The molecule has 1 aliphatic heterocycles. The van der Waals surface area contributed by atoms with Crippen molar-refractivity contribution in [2.45, 2.75) is 24.2 Å². The van der Waals surface area contributed by atoms with Gasteiger partial charge in [0, 0.05) is 18.8 Å². The van der Waals surface area contributed by atoms with Crippen LogP contribution >= 0.6 is 23.2 Å². The average molecular weight is 443 g/mol. The second-order valence-corrected chi connectivity index (χ2v) is 9.10. The first kappa shape index (κ1) is 20.9. The lowest BCUT2D eigenvalue weighted by Crippen LogP contribution is -2.35. The molecule has 1 heterocycles. The lowest BCUT2D eigenvalue weighted by molar-refractivity contribution is 0.102. The fourth-order valence-corrected chi connectivity index (χ4v) is 5.38. The summed E-state index contributed by atoms with van der Waals surface area (Å²) < 4.78 is 32.8. The van der Waals surface area contributed by atoms with Crippen LogP contribution in [-0.2, 0) is 10.0 Å². The van der Waals surface area contributed by atoms with E-state index in [4.69, 9.17) is 27.9 Å². The van der Waals surface area contributed by atoms with Gasteiger partial charge in [0.25, 0.3) is 5.91 Å². The third-order valence-corrected chi connectivity index (χ3v) is 7.09. The molecule has 2 aromatic rings. The third-order valence-electron chi connectivity index (χ3n) is 4.54. The molecule has 0 spiro atoms. The zero-order chi connectivity index (χ0) is 20.3. The van der Waals surface area contributed by atoms with E-state index in [1.165, 1.54) is 23.5 Å². The summed E-state index contributed by atoms with van der Waals surface area (Å²) in [5.74, 6) is -0.304. The molecule has 0 saturated carbocycles. The Morgan fingerprint density at radius 1 is 1.07 bits per heavy atom. The van der Waals surface area contributed by atoms with Crippen molar-refractivity contribution in [3.05, 3.63) is 52.0 Å². The van der Waals surface area contributed by atoms with Gasteiger partial charge in [0.05, 0.1) is 22.7 Å². The minimum absolute atomic E-state index is 0.0138. The Kier molecular flexibility index (Phi) is 6.50. The van der Waals surface area contributed by atoms with Gasteiger partial charge in [0.2, 0.25) is 10.0 Å². The molecular formula is C19H20Cl2N2O4S. The van der Waals surface area contributed by atoms with Crippen LogP contribution < -0.4 is 10.1 Å². The summed E-state index contributed by atoms with van der Waals surface area (Å²) in [6.45, 7) is 0.939. The van der Waals surface area contributed by atoms with Gasteiger partial charge in [-0.1, -0.05) is 35.7 Å². The van der Waals surface area contributed by atoms with Gasteiger partial charge >= 0.3 is 0 Å².